The number of rotatable bonds is 54. The molecule has 7 nitrogen and oxygen atoms in total. The number of quaternary nitrogens is 3. The molecule has 0 radical (unpaired) electrons. The Kier molecular flexibility index (Phi) is 60.0. The van der Waals surface area contributed by atoms with Crippen molar-refractivity contribution in [3.05, 3.63) is 0 Å². The Labute approximate surface area is 508 Å². The number of nitrogens with zero attached hydrogens (tertiary/aromatic N) is 3. The van der Waals surface area contributed by atoms with Gasteiger partial charge in [0.05, 0.1) is 75.5 Å². The number of hydrogen-bond acceptors (Lipinski definition) is 4. The Hall–Kier alpha value is -0.0100. The van der Waals surface area contributed by atoms with Gasteiger partial charge in [0.1, 0.15) is 0 Å². The summed E-state index contributed by atoms with van der Waals surface area (Å²) < 4.78 is 12.9. The van der Waals surface area contributed by atoms with Gasteiger partial charge in [0.25, 0.3) is 0 Å². The molecule has 0 rings (SSSR count). The molecule has 488 valence electrons. The molecule has 0 unspecified atom stereocenters. The van der Waals surface area contributed by atoms with Crippen molar-refractivity contribution in [2.75, 3.05) is 58.9 Å². The maximum absolute atomic E-state index is 8.55. The second-order valence-electron chi connectivity index (χ2n) is 26.1. The molecule has 0 saturated carbocycles. The third kappa shape index (κ3) is 35.6. The average Bonchev–Trinajstić information content (AvgIpc) is 3.44. The van der Waals surface area contributed by atoms with Crippen LogP contribution >= 0.6 is 7.82 Å². The molecular weight excluding hydrogens is 1000 g/mol. The molecule has 0 aliphatic heterocycles. The van der Waals surface area contributed by atoms with Gasteiger partial charge in [-0.3, -0.25) is 0 Å². The monoisotopic (exact) mass is 1160 g/mol. The summed E-state index contributed by atoms with van der Waals surface area (Å²) in [5, 5.41) is 0. The van der Waals surface area contributed by atoms with Crippen molar-refractivity contribution in [2.45, 2.75) is 411 Å². The molecule has 0 bridgehead atoms. The van der Waals surface area contributed by atoms with E-state index in [1.165, 1.54) is 342 Å². The lowest BCUT2D eigenvalue weighted by molar-refractivity contribution is -0.978. The van der Waals surface area contributed by atoms with Crippen LogP contribution in [0, 0.1) is 0 Å². The molecule has 0 amide bonds. The van der Waals surface area contributed by atoms with Gasteiger partial charge in [0, 0.05) is 57.8 Å². The van der Waals surface area contributed by atoms with E-state index in [2.05, 4.69) is 125 Å². The quantitative estimate of drug-likeness (QED) is 0.0448. The van der Waals surface area contributed by atoms with Gasteiger partial charge < -0.3 is 32.7 Å². The molecule has 0 saturated heterocycles. The molecule has 0 aliphatic rings. The van der Waals surface area contributed by atoms with E-state index in [1.807, 2.05) is 0 Å². The van der Waals surface area contributed by atoms with Crippen LogP contribution in [0.15, 0.2) is 0 Å². The van der Waals surface area contributed by atoms with Crippen molar-refractivity contribution < 1.29 is 32.7 Å². The zero-order chi connectivity index (χ0) is 61.6. The summed E-state index contributed by atoms with van der Waals surface area (Å²) in [7, 11) is -5.39. The minimum Gasteiger partial charge on any atom is -0.822 e. The minimum atomic E-state index is -5.39. The van der Waals surface area contributed by atoms with Crippen LogP contribution in [-0.2, 0) is 4.57 Å². The van der Waals surface area contributed by atoms with E-state index in [0.29, 0.717) is 16.6 Å². The van der Waals surface area contributed by atoms with Crippen molar-refractivity contribution >= 4 is 7.82 Å². The summed E-state index contributed by atoms with van der Waals surface area (Å²) in [4.78, 5) is 25.6. The number of unbranched alkanes of at least 4 members (excludes halogenated alkanes) is 15. The lowest BCUT2D eigenvalue weighted by atomic mass is 9.78. The highest BCUT2D eigenvalue weighted by atomic mass is 31.2. The third-order valence-electron chi connectivity index (χ3n) is 19.6. The maximum atomic E-state index is 8.55. The van der Waals surface area contributed by atoms with E-state index >= 15 is 0 Å². The van der Waals surface area contributed by atoms with Crippen LogP contribution in [0.5, 0.6) is 0 Å². The Morgan fingerprint density at radius 2 is 0.325 bits per heavy atom. The SMILES string of the molecule is CCCCC(CCC)(CCCC)[N+](CCCC)(CCCC)CCCC.CCCCC(CCC)(CCCC)[N+](CCCC)(CCCC)CCCC.CCCCC(CCC)(CCCC)[N+](CCCC)(CCCC)CCCC.O=P([O-])([O-])[O-]. The summed E-state index contributed by atoms with van der Waals surface area (Å²) >= 11 is 0. The summed E-state index contributed by atoms with van der Waals surface area (Å²) in [6.07, 6.45) is 58.8. The van der Waals surface area contributed by atoms with E-state index in [9.17, 15) is 0 Å². The largest absolute Gasteiger partial charge is 0.822 e. The van der Waals surface area contributed by atoms with Crippen LogP contribution < -0.4 is 14.7 Å². The van der Waals surface area contributed by atoms with Gasteiger partial charge >= 0.3 is 0 Å². The lowest BCUT2D eigenvalue weighted by Crippen LogP contribution is -2.65. The lowest BCUT2D eigenvalue weighted by Gasteiger charge is -2.55. The van der Waals surface area contributed by atoms with E-state index in [-0.39, 0.29) is 0 Å². The summed E-state index contributed by atoms with van der Waals surface area (Å²) in [5.74, 6) is 0. The topological polar surface area (TPSA) is 86.2 Å². The average molecular weight is 1160 g/mol. The molecule has 0 aromatic rings. The van der Waals surface area contributed by atoms with Gasteiger partial charge in [-0.05, 0) is 96.3 Å². The van der Waals surface area contributed by atoms with Gasteiger partial charge in [-0.15, -0.1) is 0 Å². The van der Waals surface area contributed by atoms with E-state index in [1.54, 1.807) is 0 Å². The first-order chi connectivity index (χ1) is 38.3. The fourth-order valence-electron chi connectivity index (χ4n) is 15.0. The Balaban J connectivity index is -0.000000518. The van der Waals surface area contributed by atoms with Gasteiger partial charge in [0.2, 0.25) is 0 Å². The van der Waals surface area contributed by atoms with Gasteiger partial charge in [0.15, 0.2) is 0 Å². The smallest absolute Gasteiger partial charge is 0.0992 e. The normalized spacial score (nSPS) is 12.7. The Morgan fingerprint density at radius 1 is 0.212 bits per heavy atom. The van der Waals surface area contributed by atoms with Crippen LogP contribution in [0.4, 0.5) is 0 Å². The van der Waals surface area contributed by atoms with Gasteiger partial charge in [-0.2, -0.15) is 7.82 Å². The summed E-state index contributed by atoms with van der Waals surface area (Å²) in [5.41, 5.74) is 1.67. The predicted molar refractivity (Wildman–Crippen MR) is 356 cm³/mol. The van der Waals surface area contributed by atoms with E-state index in [0.717, 1.165) is 0 Å². The minimum absolute atomic E-state index is 0.556. The number of hydrogen-bond donors (Lipinski definition) is 0. The zero-order valence-electron chi connectivity index (χ0n) is 59.0. The first-order valence-electron chi connectivity index (χ1n) is 36.7. The molecule has 0 spiro atoms. The molecular formula is C72H156N3O4P. The summed E-state index contributed by atoms with van der Waals surface area (Å²) in [6, 6.07) is 0. The molecule has 0 aliphatic carbocycles. The molecule has 0 N–H and O–H groups in total. The second-order valence-corrected chi connectivity index (χ2v) is 27.0. The van der Waals surface area contributed by atoms with Gasteiger partial charge in [-0.1, -0.05) is 240 Å². The van der Waals surface area contributed by atoms with Crippen LogP contribution in [0.25, 0.3) is 0 Å². The zero-order valence-corrected chi connectivity index (χ0v) is 59.9. The molecule has 0 atom stereocenters. The van der Waals surface area contributed by atoms with Crippen LogP contribution in [0.3, 0.4) is 0 Å². The Morgan fingerprint density at radius 3 is 0.412 bits per heavy atom. The van der Waals surface area contributed by atoms with Crippen LogP contribution in [-0.4, -0.2) is 89.0 Å². The Bertz CT molecular complexity index is 1070. The van der Waals surface area contributed by atoms with Crippen molar-refractivity contribution in [3.63, 3.8) is 0 Å². The molecule has 0 heterocycles. The molecule has 0 fully saturated rings. The predicted octanol–water partition coefficient (Wildman–Crippen LogP) is 21.5. The highest BCUT2D eigenvalue weighted by Crippen LogP contribution is 2.44. The molecule has 0 aromatic heterocycles. The molecule has 80 heavy (non-hydrogen) atoms. The van der Waals surface area contributed by atoms with Gasteiger partial charge in [-0.25, -0.2) is 0 Å². The molecule has 8 heteroatoms. The van der Waals surface area contributed by atoms with Crippen molar-refractivity contribution in [1.29, 1.82) is 0 Å². The van der Waals surface area contributed by atoms with E-state index < -0.39 is 7.82 Å². The van der Waals surface area contributed by atoms with Crippen LogP contribution in [0.1, 0.15) is 394 Å². The second kappa shape index (κ2) is 55.6. The van der Waals surface area contributed by atoms with E-state index in [4.69, 9.17) is 19.2 Å². The first kappa shape index (κ1) is 86.4. The molecule has 0 aromatic carbocycles. The first-order valence-corrected chi connectivity index (χ1v) is 38.1. The summed E-state index contributed by atoms with van der Waals surface area (Å²) in [6.45, 7) is 56.0. The fourth-order valence-corrected chi connectivity index (χ4v) is 15.0. The third-order valence-corrected chi connectivity index (χ3v) is 19.6. The highest BCUT2D eigenvalue weighted by molar-refractivity contribution is 7.40. The maximum Gasteiger partial charge on any atom is 0.0992 e. The van der Waals surface area contributed by atoms with Crippen molar-refractivity contribution in [2.24, 2.45) is 0 Å². The highest BCUT2D eigenvalue weighted by Gasteiger charge is 2.50. The fraction of sp³-hybridized carbons (Fsp3) is 1.00. The van der Waals surface area contributed by atoms with Crippen LogP contribution in [0.2, 0.25) is 0 Å². The standard InChI is InChI=1S/3C24H52N.H3O4P/c3*1-7-13-19-24(18-12-6,20-14-8-2)25(21-15-9-3,22-16-10-4)23-17-11-5;1-5(2,3)4/h3*7-23H2,1-6H3;(H3,1,2,3,4)/q3*+1;/p-3. The van der Waals surface area contributed by atoms with Crippen molar-refractivity contribution in [3.8, 4) is 0 Å². The number of phosphoric acid groups is 1. The van der Waals surface area contributed by atoms with Crippen molar-refractivity contribution in [1.82, 2.24) is 0 Å².